The van der Waals surface area contributed by atoms with E-state index in [1.807, 2.05) is 47.3 Å². The molecular formula is C28H30N4O2. The topological polar surface area (TPSA) is 59.4 Å². The van der Waals surface area contributed by atoms with E-state index in [4.69, 9.17) is 4.74 Å². The molecule has 1 N–H and O–H groups in total. The molecule has 2 heterocycles. The summed E-state index contributed by atoms with van der Waals surface area (Å²) in [7, 11) is 1.67. The monoisotopic (exact) mass is 454 g/mol. The summed E-state index contributed by atoms with van der Waals surface area (Å²) < 4.78 is 7.27. The summed E-state index contributed by atoms with van der Waals surface area (Å²) in [5.41, 5.74) is 4.06. The molecule has 6 heteroatoms. The van der Waals surface area contributed by atoms with E-state index in [2.05, 4.69) is 51.7 Å². The van der Waals surface area contributed by atoms with Crippen molar-refractivity contribution >= 4 is 16.8 Å². The number of nitrogens with zero attached hydrogens (tertiary/aromatic N) is 3. The van der Waals surface area contributed by atoms with E-state index in [0.29, 0.717) is 12.1 Å². The number of methoxy groups -OCH3 is 1. The predicted octanol–water partition coefficient (Wildman–Crippen LogP) is 4.49. The maximum Gasteiger partial charge on any atom is 0.251 e. The Balaban J connectivity index is 1.22. The number of ether oxygens (including phenoxy) is 1. The molecular weight excluding hydrogens is 424 g/mol. The molecule has 34 heavy (non-hydrogen) atoms. The molecule has 174 valence electrons. The number of likely N-dealkylation sites (tertiary alicyclic amines) is 1. The molecule has 1 aliphatic heterocycles. The molecule has 6 nitrogen and oxygen atoms in total. The van der Waals surface area contributed by atoms with Crippen molar-refractivity contribution in [3.05, 3.63) is 95.7 Å². The highest BCUT2D eigenvalue weighted by molar-refractivity contribution is 5.98. The van der Waals surface area contributed by atoms with E-state index in [-0.39, 0.29) is 11.9 Å². The Bertz CT molecular complexity index is 1260. The van der Waals surface area contributed by atoms with Crippen LogP contribution >= 0.6 is 0 Å². The summed E-state index contributed by atoms with van der Waals surface area (Å²) in [6.45, 7) is 3.57. The standard InChI is InChI=1S/C28H30N4O2/c1-34-26-9-5-8-22(16-26)20-32-27-17-23(10-11-24(27)18-29-32)28(33)30-25-12-14-31(15-13-25)19-21-6-3-2-4-7-21/h2-11,16-18,25H,12-15,19-20H2,1H3,(H,30,33). The SMILES string of the molecule is COc1cccc(Cn2ncc3ccc(C(=O)NC4CCN(Cc5ccccc5)CC4)cc32)c1. The number of hydrogen-bond donors (Lipinski definition) is 1. The number of aromatic nitrogens is 2. The number of carbonyl (C=O) groups is 1. The number of nitrogens with one attached hydrogen (secondary N) is 1. The Hall–Kier alpha value is -3.64. The highest BCUT2D eigenvalue weighted by Crippen LogP contribution is 2.20. The van der Waals surface area contributed by atoms with Crippen molar-refractivity contribution in [1.29, 1.82) is 0 Å². The van der Waals surface area contributed by atoms with Crippen molar-refractivity contribution in [3.8, 4) is 5.75 Å². The first-order valence-electron chi connectivity index (χ1n) is 11.8. The fourth-order valence-electron chi connectivity index (χ4n) is 4.63. The van der Waals surface area contributed by atoms with E-state index in [1.54, 1.807) is 7.11 Å². The van der Waals surface area contributed by atoms with Gasteiger partial charge in [0.1, 0.15) is 5.75 Å². The zero-order valence-corrected chi connectivity index (χ0v) is 19.5. The number of rotatable bonds is 7. The fourth-order valence-corrected chi connectivity index (χ4v) is 4.63. The third-order valence-electron chi connectivity index (χ3n) is 6.55. The zero-order valence-electron chi connectivity index (χ0n) is 19.5. The Labute approximate surface area is 200 Å². The Morgan fingerprint density at radius 3 is 2.56 bits per heavy atom. The van der Waals surface area contributed by atoms with E-state index in [0.717, 1.165) is 54.7 Å². The van der Waals surface area contributed by atoms with E-state index in [1.165, 1.54) is 5.56 Å². The van der Waals surface area contributed by atoms with Crippen LogP contribution in [0.3, 0.4) is 0 Å². The van der Waals surface area contributed by atoms with Crippen LogP contribution in [0.5, 0.6) is 5.75 Å². The second kappa shape index (κ2) is 10.1. The van der Waals surface area contributed by atoms with Gasteiger partial charge in [0.05, 0.1) is 25.4 Å². The first kappa shape index (κ1) is 22.2. The molecule has 1 amide bonds. The molecule has 0 radical (unpaired) electrons. The second-order valence-corrected chi connectivity index (χ2v) is 8.94. The van der Waals surface area contributed by atoms with Crippen LogP contribution in [0.1, 0.15) is 34.3 Å². The van der Waals surface area contributed by atoms with Crippen LogP contribution in [-0.2, 0) is 13.1 Å². The molecule has 1 aliphatic rings. The molecule has 0 bridgehead atoms. The molecule has 1 saturated heterocycles. The van der Waals surface area contributed by atoms with Crippen LogP contribution in [0.2, 0.25) is 0 Å². The van der Waals surface area contributed by atoms with Gasteiger partial charge in [-0.1, -0.05) is 48.5 Å². The summed E-state index contributed by atoms with van der Waals surface area (Å²) in [6.07, 6.45) is 3.78. The molecule has 0 unspecified atom stereocenters. The third-order valence-corrected chi connectivity index (χ3v) is 6.55. The number of hydrogen-bond acceptors (Lipinski definition) is 4. The lowest BCUT2D eigenvalue weighted by atomic mass is 10.0. The molecule has 3 aromatic carbocycles. The lowest BCUT2D eigenvalue weighted by Crippen LogP contribution is -2.44. The van der Waals surface area contributed by atoms with Gasteiger partial charge in [-0.15, -0.1) is 0 Å². The maximum absolute atomic E-state index is 13.0. The van der Waals surface area contributed by atoms with Crippen molar-refractivity contribution in [2.24, 2.45) is 0 Å². The Morgan fingerprint density at radius 2 is 1.76 bits per heavy atom. The van der Waals surface area contributed by atoms with E-state index < -0.39 is 0 Å². The summed E-state index contributed by atoms with van der Waals surface area (Å²) in [5.74, 6) is 0.807. The average molecular weight is 455 g/mol. The van der Waals surface area contributed by atoms with Gasteiger partial charge >= 0.3 is 0 Å². The van der Waals surface area contributed by atoms with Gasteiger partial charge in [0.15, 0.2) is 0 Å². The molecule has 1 aromatic heterocycles. The van der Waals surface area contributed by atoms with Crippen LogP contribution < -0.4 is 10.1 Å². The number of amides is 1. The van der Waals surface area contributed by atoms with Gasteiger partial charge in [0.25, 0.3) is 5.91 Å². The summed E-state index contributed by atoms with van der Waals surface area (Å²) in [6, 6.07) is 24.5. The smallest absolute Gasteiger partial charge is 0.251 e. The van der Waals surface area contributed by atoms with Gasteiger partial charge in [-0.2, -0.15) is 5.10 Å². The van der Waals surface area contributed by atoms with Crippen LogP contribution in [0.25, 0.3) is 10.9 Å². The highest BCUT2D eigenvalue weighted by atomic mass is 16.5. The largest absolute Gasteiger partial charge is 0.497 e. The lowest BCUT2D eigenvalue weighted by molar-refractivity contribution is 0.0909. The van der Waals surface area contributed by atoms with Gasteiger partial charge in [-0.3, -0.25) is 14.4 Å². The van der Waals surface area contributed by atoms with Crippen molar-refractivity contribution in [3.63, 3.8) is 0 Å². The molecule has 1 fully saturated rings. The van der Waals surface area contributed by atoms with Crippen LogP contribution in [0.4, 0.5) is 0 Å². The van der Waals surface area contributed by atoms with Gasteiger partial charge < -0.3 is 10.1 Å². The van der Waals surface area contributed by atoms with Gasteiger partial charge in [-0.25, -0.2) is 0 Å². The number of fused-ring (bicyclic) bond motifs is 1. The number of piperidine rings is 1. The van der Waals surface area contributed by atoms with Crippen molar-refractivity contribution in [2.45, 2.75) is 32.0 Å². The molecule has 4 aromatic rings. The number of carbonyl (C=O) groups excluding carboxylic acids is 1. The first-order chi connectivity index (χ1) is 16.7. The zero-order chi connectivity index (χ0) is 23.3. The van der Waals surface area contributed by atoms with Crippen molar-refractivity contribution in [1.82, 2.24) is 20.0 Å². The highest BCUT2D eigenvalue weighted by Gasteiger charge is 2.21. The van der Waals surface area contributed by atoms with Gasteiger partial charge in [0, 0.05) is 36.6 Å². The van der Waals surface area contributed by atoms with Gasteiger partial charge in [-0.05, 0) is 48.2 Å². The molecule has 0 spiro atoms. The van der Waals surface area contributed by atoms with Crippen LogP contribution in [0, 0.1) is 0 Å². The van der Waals surface area contributed by atoms with Gasteiger partial charge in [0.2, 0.25) is 0 Å². The second-order valence-electron chi connectivity index (χ2n) is 8.94. The summed E-state index contributed by atoms with van der Waals surface area (Å²) in [5, 5.41) is 8.81. The van der Waals surface area contributed by atoms with E-state index >= 15 is 0 Å². The van der Waals surface area contributed by atoms with Crippen LogP contribution in [-0.4, -0.2) is 46.8 Å². The van der Waals surface area contributed by atoms with Crippen molar-refractivity contribution in [2.75, 3.05) is 20.2 Å². The minimum Gasteiger partial charge on any atom is -0.497 e. The Kier molecular flexibility index (Phi) is 6.58. The number of benzene rings is 3. The minimum atomic E-state index is -0.0162. The minimum absolute atomic E-state index is 0.0162. The molecule has 0 aliphatic carbocycles. The van der Waals surface area contributed by atoms with Crippen LogP contribution in [0.15, 0.2) is 79.0 Å². The molecule has 0 saturated carbocycles. The Morgan fingerprint density at radius 1 is 0.971 bits per heavy atom. The molecule has 0 atom stereocenters. The predicted molar refractivity (Wildman–Crippen MR) is 134 cm³/mol. The normalized spacial score (nSPS) is 14.9. The third kappa shape index (κ3) is 5.13. The van der Waals surface area contributed by atoms with Crippen molar-refractivity contribution < 1.29 is 9.53 Å². The quantitative estimate of drug-likeness (QED) is 0.447. The summed E-state index contributed by atoms with van der Waals surface area (Å²) >= 11 is 0. The molecule has 5 rings (SSSR count). The first-order valence-corrected chi connectivity index (χ1v) is 11.8. The van der Waals surface area contributed by atoms with E-state index in [9.17, 15) is 4.79 Å². The maximum atomic E-state index is 13.0. The summed E-state index contributed by atoms with van der Waals surface area (Å²) in [4.78, 5) is 15.5. The average Bonchev–Trinajstić information content (AvgIpc) is 3.28. The lowest BCUT2D eigenvalue weighted by Gasteiger charge is -2.32. The fraction of sp³-hybridized carbons (Fsp3) is 0.286.